The third-order valence-corrected chi connectivity index (χ3v) is 9.38. The van der Waals surface area contributed by atoms with E-state index in [1.165, 1.54) is 17.5 Å². The Labute approximate surface area is 226 Å². The van der Waals surface area contributed by atoms with E-state index in [0.717, 1.165) is 28.2 Å². The molecule has 1 saturated heterocycles. The first-order valence-electron chi connectivity index (χ1n) is 11.7. The van der Waals surface area contributed by atoms with Crippen LogP contribution in [0.1, 0.15) is 26.9 Å². The number of methoxy groups -OCH3 is 2. The molecule has 2 aromatic carbocycles. The van der Waals surface area contributed by atoms with Crippen molar-refractivity contribution in [2.45, 2.75) is 17.6 Å². The van der Waals surface area contributed by atoms with E-state index in [0.29, 0.717) is 44.4 Å². The summed E-state index contributed by atoms with van der Waals surface area (Å²) in [5, 5.41) is 2.24. The molecule has 0 aliphatic carbocycles. The maximum atomic E-state index is 13.3. The molecule has 0 amide bonds. The first-order valence-corrected chi connectivity index (χ1v) is 14.4. The number of halogens is 1. The number of nitrogens with zero attached hydrogens (tertiary/aromatic N) is 2. The Bertz CT molecular complexity index is 1320. The molecular weight excluding hydrogens is 536 g/mol. The molecule has 0 bridgehead atoms. The molecule has 0 spiro atoms. The molecule has 0 N–H and O–H groups in total. The highest BCUT2D eigenvalue weighted by Crippen LogP contribution is 2.28. The standard InChI is InChI=1S/C26H29ClN2O6S2/c1-33-22-8-4-6-20(16-22)23(35-18-19-5-3-7-21(27)15-19)17-28-10-12-29(13-11-28)37(31,32)24-9-14-36-25(24)26(30)34-2/h3-9,14-16,23H,10-13,17-18H2,1-2H3/t23-/m0/s1. The third-order valence-electron chi connectivity index (χ3n) is 6.18. The third kappa shape index (κ3) is 6.70. The Hall–Kier alpha value is -2.47. The van der Waals surface area contributed by atoms with Crippen LogP contribution in [0.3, 0.4) is 0 Å². The minimum Gasteiger partial charge on any atom is -0.497 e. The molecule has 1 aromatic heterocycles. The molecule has 11 heteroatoms. The lowest BCUT2D eigenvalue weighted by atomic mass is 10.1. The number of piperazine rings is 1. The van der Waals surface area contributed by atoms with Crippen LogP contribution in [0.4, 0.5) is 0 Å². The summed E-state index contributed by atoms with van der Waals surface area (Å²) in [5.41, 5.74) is 1.94. The minimum absolute atomic E-state index is 0.00286. The van der Waals surface area contributed by atoms with E-state index in [2.05, 4.69) is 4.90 Å². The second-order valence-corrected chi connectivity index (χ2v) is 11.8. The number of thiophene rings is 1. The number of sulfonamides is 1. The molecule has 4 rings (SSSR count). The van der Waals surface area contributed by atoms with Crippen LogP contribution in [-0.2, 0) is 26.1 Å². The molecule has 0 saturated carbocycles. The summed E-state index contributed by atoms with van der Waals surface area (Å²) in [6.45, 7) is 2.62. The molecule has 0 unspecified atom stereocenters. The minimum atomic E-state index is -3.81. The largest absolute Gasteiger partial charge is 0.497 e. The van der Waals surface area contributed by atoms with Gasteiger partial charge >= 0.3 is 5.97 Å². The van der Waals surface area contributed by atoms with Gasteiger partial charge in [-0.1, -0.05) is 35.9 Å². The molecule has 1 aliphatic heterocycles. The first-order chi connectivity index (χ1) is 17.8. The molecule has 198 valence electrons. The predicted octanol–water partition coefficient (Wildman–Crippen LogP) is 4.46. The number of carbonyl (C=O) groups is 1. The average Bonchev–Trinajstić information content (AvgIpc) is 3.42. The SMILES string of the molecule is COC(=O)c1sccc1S(=O)(=O)N1CCN(C[C@H](OCc2cccc(Cl)c2)c2cccc(OC)c2)CC1. The van der Waals surface area contributed by atoms with Gasteiger partial charge in [0.25, 0.3) is 0 Å². The van der Waals surface area contributed by atoms with Gasteiger partial charge in [0.15, 0.2) is 0 Å². The van der Waals surface area contributed by atoms with Crippen LogP contribution in [0, 0.1) is 0 Å². The van der Waals surface area contributed by atoms with Crippen LogP contribution in [-0.4, -0.2) is 70.5 Å². The van der Waals surface area contributed by atoms with Crippen molar-refractivity contribution in [2.75, 3.05) is 46.9 Å². The van der Waals surface area contributed by atoms with Crippen LogP contribution in [0.25, 0.3) is 0 Å². The van der Waals surface area contributed by atoms with Crippen molar-refractivity contribution in [3.63, 3.8) is 0 Å². The molecule has 0 radical (unpaired) electrons. The summed E-state index contributed by atoms with van der Waals surface area (Å²) in [4.78, 5) is 14.3. The van der Waals surface area contributed by atoms with E-state index in [-0.39, 0.29) is 15.9 Å². The van der Waals surface area contributed by atoms with E-state index in [1.807, 2.05) is 48.5 Å². The highest BCUT2D eigenvalue weighted by molar-refractivity contribution is 7.89. The van der Waals surface area contributed by atoms with Crippen molar-refractivity contribution in [2.24, 2.45) is 0 Å². The molecule has 37 heavy (non-hydrogen) atoms. The number of carbonyl (C=O) groups excluding carboxylic acids is 1. The van der Waals surface area contributed by atoms with Crippen LogP contribution in [0.2, 0.25) is 5.02 Å². The van der Waals surface area contributed by atoms with Crippen molar-refractivity contribution in [1.29, 1.82) is 0 Å². The smallest absolute Gasteiger partial charge is 0.349 e. The van der Waals surface area contributed by atoms with Gasteiger partial charge in [-0.05, 0) is 46.8 Å². The summed E-state index contributed by atoms with van der Waals surface area (Å²) in [7, 11) is -0.947. The average molecular weight is 565 g/mol. The van der Waals surface area contributed by atoms with Gasteiger partial charge in [0.05, 0.1) is 26.9 Å². The fourth-order valence-corrected chi connectivity index (χ4v) is 7.13. The molecule has 1 fully saturated rings. The normalized spacial score (nSPS) is 15.9. The topological polar surface area (TPSA) is 85.4 Å². The van der Waals surface area contributed by atoms with Crippen LogP contribution >= 0.6 is 22.9 Å². The lowest BCUT2D eigenvalue weighted by Gasteiger charge is -2.35. The Balaban J connectivity index is 1.45. The first kappa shape index (κ1) is 27.6. The zero-order chi connectivity index (χ0) is 26.4. The van der Waals surface area contributed by atoms with Crippen LogP contribution < -0.4 is 4.74 Å². The summed E-state index contributed by atoms with van der Waals surface area (Å²) < 4.78 is 44.4. The maximum Gasteiger partial charge on any atom is 0.349 e. The van der Waals surface area contributed by atoms with Gasteiger partial charge in [0.2, 0.25) is 10.0 Å². The van der Waals surface area contributed by atoms with Gasteiger partial charge < -0.3 is 14.2 Å². The fraction of sp³-hybridized carbons (Fsp3) is 0.346. The van der Waals surface area contributed by atoms with E-state index in [9.17, 15) is 13.2 Å². The molecule has 8 nitrogen and oxygen atoms in total. The van der Waals surface area contributed by atoms with Gasteiger partial charge in [-0.25, -0.2) is 13.2 Å². The second kappa shape index (κ2) is 12.4. The van der Waals surface area contributed by atoms with E-state index >= 15 is 0 Å². The quantitative estimate of drug-likeness (QED) is 0.336. The van der Waals surface area contributed by atoms with Gasteiger partial charge in [0, 0.05) is 37.7 Å². The molecule has 1 aliphatic rings. The maximum absolute atomic E-state index is 13.3. The molecular formula is C26H29ClN2O6S2. The van der Waals surface area contributed by atoms with Gasteiger partial charge in [-0.2, -0.15) is 4.31 Å². The van der Waals surface area contributed by atoms with Crippen LogP contribution in [0.15, 0.2) is 64.9 Å². The number of benzene rings is 2. The Morgan fingerprint density at radius 1 is 1.05 bits per heavy atom. The zero-order valence-corrected chi connectivity index (χ0v) is 23.0. The number of hydrogen-bond acceptors (Lipinski definition) is 8. The van der Waals surface area contributed by atoms with Gasteiger partial charge in [-0.3, -0.25) is 4.90 Å². The van der Waals surface area contributed by atoms with E-state index in [1.54, 1.807) is 12.5 Å². The number of rotatable bonds is 10. The predicted molar refractivity (Wildman–Crippen MR) is 143 cm³/mol. The Morgan fingerprint density at radius 2 is 1.81 bits per heavy atom. The lowest BCUT2D eigenvalue weighted by molar-refractivity contribution is 0.00762. The summed E-state index contributed by atoms with van der Waals surface area (Å²) in [6, 6.07) is 16.8. The Morgan fingerprint density at radius 3 is 2.51 bits per heavy atom. The zero-order valence-electron chi connectivity index (χ0n) is 20.6. The second-order valence-electron chi connectivity index (χ2n) is 8.52. The molecule has 3 aromatic rings. The number of hydrogen-bond donors (Lipinski definition) is 0. The highest BCUT2D eigenvalue weighted by atomic mass is 35.5. The van der Waals surface area contributed by atoms with Crippen molar-refractivity contribution < 1.29 is 27.4 Å². The molecule has 2 heterocycles. The Kier molecular flexibility index (Phi) is 9.22. The summed E-state index contributed by atoms with van der Waals surface area (Å²) in [5.74, 6) is 0.0899. The monoisotopic (exact) mass is 564 g/mol. The summed E-state index contributed by atoms with van der Waals surface area (Å²) >= 11 is 7.20. The van der Waals surface area contributed by atoms with Crippen molar-refractivity contribution >= 4 is 38.9 Å². The molecule has 1 atom stereocenters. The van der Waals surface area contributed by atoms with E-state index < -0.39 is 16.0 Å². The van der Waals surface area contributed by atoms with Gasteiger partial charge in [0.1, 0.15) is 15.5 Å². The van der Waals surface area contributed by atoms with Crippen molar-refractivity contribution in [1.82, 2.24) is 9.21 Å². The highest BCUT2D eigenvalue weighted by Gasteiger charge is 2.33. The fourth-order valence-electron chi connectivity index (χ4n) is 4.19. The van der Waals surface area contributed by atoms with Gasteiger partial charge in [-0.15, -0.1) is 11.3 Å². The van der Waals surface area contributed by atoms with Crippen molar-refractivity contribution in [3.05, 3.63) is 81.0 Å². The lowest BCUT2D eigenvalue weighted by Crippen LogP contribution is -2.49. The van der Waals surface area contributed by atoms with Crippen molar-refractivity contribution in [3.8, 4) is 5.75 Å². The number of ether oxygens (including phenoxy) is 3. The number of esters is 1. The van der Waals surface area contributed by atoms with E-state index in [4.69, 9.17) is 25.8 Å². The van der Waals surface area contributed by atoms with Crippen LogP contribution in [0.5, 0.6) is 5.75 Å². The summed E-state index contributed by atoms with van der Waals surface area (Å²) in [6.07, 6.45) is -0.264.